The Morgan fingerprint density at radius 2 is 2.00 bits per heavy atom. The highest BCUT2D eigenvalue weighted by atomic mass is 16.6. The number of ether oxygens (including phenoxy) is 2. The van der Waals surface area contributed by atoms with Crippen molar-refractivity contribution in [3.63, 3.8) is 0 Å². The van der Waals surface area contributed by atoms with Crippen LogP contribution in [0.4, 0.5) is 0 Å². The molecular formula is C17H30O5. The van der Waals surface area contributed by atoms with Crippen LogP contribution in [0.5, 0.6) is 0 Å². The van der Waals surface area contributed by atoms with Crippen LogP contribution in [-0.4, -0.2) is 42.3 Å². The van der Waals surface area contributed by atoms with Crippen LogP contribution in [0.1, 0.15) is 59.8 Å². The molecule has 1 N–H and O–H groups in total. The van der Waals surface area contributed by atoms with Crippen molar-refractivity contribution in [3.8, 4) is 0 Å². The Bertz CT molecular complexity index is 379. The first kappa shape index (κ1) is 19.1. The summed E-state index contributed by atoms with van der Waals surface area (Å²) in [6.07, 6.45) is 3.12. The van der Waals surface area contributed by atoms with E-state index in [1.165, 1.54) is 13.3 Å². The third-order valence-electron chi connectivity index (χ3n) is 4.80. The van der Waals surface area contributed by atoms with Gasteiger partial charge in [-0.1, -0.05) is 27.2 Å². The third kappa shape index (κ3) is 6.05. The summed E-state index contributed by atoms with van der Waals surface area (Å²) >= 11 is 0. The van der Waals surface area contributed by atoms with Crippen LogP contribution in [0.3, 0.4) is 0 Å². The third-order valence-corrected chi connectivity index (χ3v) is 4.80. The van der Waals surface area contributed by atoms with E-state index < -0.39 is 12.1 Å². The van der Waals surface area contributed by atoms with Crippen molar-refractivity contribution < 1.29 is 24.2 Å². The Balaban J connectivity index is 2.24. The number of Topliss-reactive ketones (excluding diaryl/α,β-unsaturated/α-hetero) is 1. The van der Waals surface area contributed by atoms with E-state index in [2.05, 4.69) is 20.8 Å². The topological polar surface area (TPSA) is 72.8 Å². The highest BCUT2D eigenvalue weighted by molar-refractivity contribution is 5.84. The zero-order chi connectivity index (χ0) is 16.8. The summed E-state index contributed by atoms with van der Waals surface area (Å²) in [5.41, 5.74) is 0.317. The summed E-state index contributed by atoms with van der Waals surface area (Å²) in [7, 11) is 0. The predicted molar refractivity (Wildman–Crippen MR) is 83.4 cm³/mol. The van der Waals surface area contributed by atoms with Gasteiger partial charge >= 0.3 is 5.97 Å². The summed E-state index contributed by atoms with van der Waals surface area (Å²) in [4.78, 5) is 22.3. The summed E-state index contributed by atoms with van der Waals surface area (Å²) in [5.74, 6) is -0.371. The Hall–Kier alpha value is -0.940. The fraction of sp³-hybridized carbons (Fsp3) is 0.882. The maximum absolute atomic E-state index is 11.4. The van der Waals surface area contributed by atoms with Gasteiger partial charge in [0.25, 0.3) is 0 Å². The van der Waals surface area contributed by atoms with Crippen LogP contribution in [0.2, 0.25) is 0 Å². The molecule has 22 heavy (non-hydrogen) atoms. The quantitative estimate of drug-likeness (QED) is 0.550. The lowest BCUT2D eigenvalue weighted by Crippen LogP contribution is -2.35. The normalized spacial score (nSPS) is 26.7. The number of carbonyl (C=O) groups excluding carboxylic acids is 2. The first-order valence-corrected chi connectivity index (χ1v) is 8.20. The summed E-state index contributed by atoms with van der Waals surface area (Å²) in [6, 6.07) is 0. The van der Waals surface area contributed by atoms with Crippen molar-refractivity contribution in [2.75, 3.05) is 13.2 Å². The van der Waals surface area contributed by atoms with Gasteiger partial charge in [-0.05, 0) is 37.5 Å². The molecule has 3 unspecified atom stereocenters. The van der Waals surface area contributed by atoms with Gasteiger partial charge in [-0.3, -0.25) is 4.79 Å². The molecule has 0 aromatic carbocycles. The molecule has 0 aromatic heterocycles. The molecule has 0 aromatic rings. The van der Waals surface area contributed by atoms with Gasteiger partial charge in [-0.25, -0.2) is 4.79 Å². The second kappa shape index (κ2) is 8.63. The number of hydrogen-bond donors (Lipinski definition) is 1. The van der Waals surface area contributed by atoms with Gasteiger partial charge in [0.2, 0.25) is 0 Å². The molecule has 3 atom stereocenters. The van der Waals surface area contributed by atoms with Gasteiger partial charge in [-0.2, -0.15) is 0 Å². The molecule has 0 saturated heterocycles. The lowest BCUT2D eigenvalue weighted by Gasteiger charge is -2.41. The van der Waals surface area contributed by atoms with E-state index in [1.54, 1.807) is 0 Å². The van der Waals surface area contributed by atoms with E-state index in [9.17, 15) is 14.7 Å². The van der Waals surface area contributed by atoms with Crippen molar-refractivity contribution in [2.45, 2.75) is 72.0 Å². The SMILES string of the molecule is CC(=O)CC(O)C(=O)OCCOC1CCCC(C)(C(C)C)C1. The number of carbonyl (C=O) groups is 2. The highest BCUT2D eigenvalue weighted by Gasteiger charge is 2.35. The van der Waals surface area contributed by atoms with Gasteiger partial charge in [0.1, 0.15) is 12.4 Å². The number of hydrogen-bond acceptors (Lipinski definition) is 5. The zero-order valence-corrected chi connectivity index (χ0v) is 14.3. The van der Waals surface area contributed by atoms with E-state index in [1.807, 2.05) is 0 Å². The van der Waals surface area contributed by atoms with Gasteiger partial charge < -0.3 is 14.6 Å². The molecule has 0 radical (unpaired) electrons. The fourth-order valence-corrected chi connectivity index (χ4v) is 2.93. The second-order valence-corrected chi connectivity index (χ2v) is 6.99. The van der Waals surface area contributed by atoms with E-state index >= 15 is 0 Å². The Kier molecular flexibility index (Phi) is 7.49. The van der Waals surface area contributed by atoms with E-state index in [0.29, 0.717) is 17.9 Å². The summed E-state index contributed by atoms with van der Waals surface area (Å²) in [5, 5.41) is 9.43. The molecule has 5 heteroatoms. The van der Waals surface area contributed by atoms with Gasteiger partial charge in [0.15, 0.2) is 6.10 Å². The zero-order valence-electron chi connectivity index (χ0n) is 14.3. The van der Waals surface area contributed by atoms with E-state index in [4.69, 9.17) is 9.47 Å². The number of ketones is 1. The summed E-state index contributed by atoms with van der Waals surface area (Å²) in [6.45, 7) is 8.58. The molecule has 1 fully saturated rings. The average molecular weight is 314 g/mol. The molecule has 0 aliphatic heterocycles. The van der Waals surface area contributed by atoms with Crippen molar-refractivity contribution in [1.82, 2.24) is 0 Å². The van der Waals surface area contributed by atoms with Crippen molar-refractivity contribution in [1.29, 1.82) is 0 Å². The molecule has 1 rings (SSSR count). The van der Waals surface area contributed by atoms with Gasteiger partial charge in [0, 0.05) is 6.42 Å². The van der Waals surface area contributed by atoms with Crippen molar-refractivity contribution >= 4 is 11.8 Å². The maximum Gasteiger partial charge on any atom is 0.335 e. The lowest BCUT2D eigenvalue weighted by atomic mass is 9.67. The van der Waals surface area contributed by atoms with Crippen LogP contribution in [-0.2, 0) is 19.1 Å². The van der Waals surface area contributed by atoms with Crippen molar-refractivity contribution in [2.24, 2.45) is 11.3 Å². The average Bonchev–Trinajstić information content (AvgIpc) is 2.42. The van der Waals surface area contributed by atoms with Gasteiger partial charge in [0.05, 0.1) is 12.7 Å². The van der Waals surface area contributed by atoms with Crippen LogP contribution in [0.15, 0.2) is 0 Å². The van der Waals surface area contributed by atoms with Crippen LogP contribution < -0.4 is 0 Å². The van der Waals surface area contributed by atoms with Crippen molar-refractivity contribution in [3.05, 3.63) is 0 Å². The minimum absolute atomic E-state index is 0.114. The molecule has 1 aliphatic rings. The molecule has 0 bridgehead atoms. The minimum atomic E-state index is -1.36. The van der Waals surface area contributed by atoms with Crippen LogP contribution in [0, 0.1) is 11.3 Å². The molecule has 0 spiro atoms. The molecule has 5 nitrogen and oxygen atoms in total. The molecule has 0 amide bonds. The van der Waals surface area contributed by atoms with Crippen LogP contribution in [0.25, 0.3) is 0 Å². The van der Waals surface area contributed by atoms with E-state index in [0.717, 1.165) is 19.3 Å². The molecule has 128 valence electrons. The molecule has 0 heterocycles. The first-order valence-electron chi connectivity index (χ1n) is 8.20. The molecule has 1 saturated carbocycles. The monoisotopic (exact) mass is 314 g/mol. The highest BCUT2D eigenvalue weighted by Crippen LogP contribution is 2.42. The fourth-order valence-electron chi connectivity index (χ4n) is 2.93. The Labute approximate surface area is 133 Å². The minimum Gasteiger partial charge on any atom is -0.461 e. The smallest absolute Gasteiger partial charge is 0.335 e. The number of rotatable bonds is 8. The second-order valence-electron chi connectivity index (χ2n) is 6.99. The van der Waals surface area contributed by atoms with Crippen LogP contribution >= 0.6 is 0 Å². The van der Waals surface area contributed by atoms with E-state index in [-0.39, 0.29) is 24.9 Å². The molecule has 1 aliphatic carbocycles. The Morgan fingerprint density at radius 3 is 2.59 bits per heavy atom. The first-order chi connectivity index (χ1) is 10.2. The van der Waals surface area contributed by atoms with Gasteiger partial charge in [-0.15, -0.1) is 0 Å². The number of aliphatic hydroxyl groups excluding tert-OH is 1. The number of esters is 1. The number of aliphatic hydroxyl groups is 1. The lowest BCUT2D eigenvalue weighted by molar-refractivity contribution is -0.157. The molecular weight excluding hydrogens is 284 g/mol. The summed E-state index contributed by atoms with van der Waals surface area (Å²) < 4.78 is 10.7. The maximum atomic E-state index is 11.4. The predicted octanol–water partition coefficient (Wildman–Crippen LogP) is 2.49. The largest absolute Gasteiger partial charge is 0.461 e. The standard InChI is InChI=1S/C17H30O5/c1-12(2)17(4)7-5-6-14(11-17)21-8-9-22-16(20)15(19)10-13(3)18/h12,14-15,19H,5-11H2,1-4H3. The Morgan fingerprint density at radius 1 is 1.32 bits per heavy atom.